The molecule has 18 heavy (non-hydrogen) atoms. The first-order valence-electron chi connectivity index (χ1n) is 7.44. The third-order valence-corrected chi connectivity index (χ3v) is 4.75. The van der Waals surface area contributed by atoms with Gasteiger partial charge in [-0.2, -0.15) is 0 Å². The van der Waals surface area contributed by atoms with Crippen molar-refractivity contribution in [2.75, 3.05) is 0 Å². The molecule has 0 aliphatic heterocycles. The maximum Gasteiger partial charge on any atom is 0.309 e. The summed E-state index contributed by atoms with van der Waals surface area (Å²) < 4.78 is 0. The normalized spacial score (nSPS) is 21.1. The van der Waals surface area contributed by atoms with Gasteiger partial charge >= 0.3 is 5.97 Å². The van der Waals surface area contributed by atoms with Crippen LogP contribution in [0.1, 0.15) is 78.1 Å². The summed E-state index contributed by atoms with van der Waals surface area (Å²) in [6.07, 6.45) is 8.60. The van der Waals surface area contributed by atoms with E-state index in [9.17, 15) is 15.0 Å². The molecule has 0 aromatic rings. The van der Waals surface area contributed by atoms with E-state index < -0.39 is 17.0 Å². The summed E-state index contributed by atoms with van der Waals surface area (Å²) in [5.41, 5.74) is -1.50. The third-order valence-electron chi connectivity index (χ3n) is 4.75. The van der Waals surface area contributed by atoms with E-state index in [1.807, 2.05) is 13.8 Å². The molecule has 1 aliphatic rings. The predicted octanol–water partition coefficient (Wildman–Crippen LogP) is 3.74. The molecule has 0 spiro atoms. The van der Waals surface area contributed by atoms with Crippen LogP contribution < -0.4 is 0 Å². The van der Waals surface area contributed by atoms with Gasteiger partial charge in [0.05, 0.1) is 11.0 Å². The van der Waals surface area contributed by atoms with Crippen LogP contribution in [0.4, 0.5) is 0 Å². The molecular formula is C15H28O3. The van der Waals surface area contributed by atoms with Gasteiger partial charge in [-0.05, 0) is 32.1 Å². The summed E-state index contributed by atoms with van der Waals surface area (Å²) in [7, 11) is 0. The highest BCUT2D eigenvalue weighted by atomic mass is 16.4. The average molecular weight is 256 g/mol. The Kier molecular flexibility index (Phi) is 5.64. The number of aliphatic carboxylic acids is 1. The van der Waals surface area contributed by atoms with Crippen molar-refractivity contribution < 1.29 is 15.0 Å². The van der Waals surface area contributed by atoms with E-state index >= 15 is 0 Å². The largest absolute Gasteiger partial charge is 0.481 e. The third kappa shape index (κ3) is 3.71. The van der Waals surface area contributed by atoms with Crippen LogP contribution in [-0.2, 0) is 4.79 Å². The molecule has 0 saturated heterocycles. The predicted molar refractivity (Wildman–Crippen MR) is 72.5 cm³/mol. The molecule has 2 N–H and O–H groups in total. The van der Waals surface area contributed by atoms with Crippen LogP contribution in [0.5, 0.6) is 0 Å². The van der Waals surface area contributed by atoms with Crippen molar-refractivity contribution in [1.29, 1.82) is 0 Å². The zero-order valence-corrected chi connectivity index (χ0v) is 11.9. The maximum absolute atomic E-state index is 11.7. The second-order valence-corrected chi connectivity index (χ2v) is 5.96. The Balaban J connectivity index is 2.87. The zero-order chi connectivity index (χ0) is 13.6. The Morgan fingerprint density at radius 1 is 1.06 bits per heavy atom. The molecule has 3 heteroatoms. The van der Waals surface area contributed by atoms with Gasteiger partial charge in [0.2, 0.25) is 0 Å². The lowest BCUT2D eigenvalue weighted by Gasteiger charge is -2.38. The number of rotatable bonds is 5. The quantitative estimate of drug-likeness (QED) is 0.787. The molecule has 1 rings (SSSR count). The molecular weight excluding hydrogens is 228 g/mol. The van der Waals surface area contributed by atoms with Gasteiger partial charge in [0.1, 0.15) is 0 Å². The number of aliphatic hydroxyl groups is 1. The lowest BCUT2D eigenvalue weighted by atomic mass is 9.68. The Morgan fingerprint density at radius 2 is 1.50 bits per heavy atom. The smallest absolute Gasteiger partial charge is 0.309 e. The van der Waals surface area contributed by atoms with E-state index in [-0.39, 0.29) is 0 Å². The highest BCUT2D eigenvalue weighted by Crippen LogP contribution is 2.42. The molecule has 1 fully saturated rings. The molecule has 1 saturated carbocycles. The minimum absolute atomic E-state index is 0.419. The SMILES string of the molecule is CCC(O)(CC)CC1(C(=O)O)CCCCCCC1. The lowest BCUT2D eigenvalue weighted by molar-refractivity contribution is -0.156. The summed E-state index contributed by atoms with van der Waals surface area (Å²) in [5, 5.41) is 20.1. The second kappa shape index (κ2) is 6.55. The van der Waals surface area contributed by atoms with Crippen LogP contribution in [0.25, 0.3) is 0 Å². The number of carboxylic acids is 1. The van der Waals surface area contributed by atoms with Crippen molar-refractivity contribution in [3.63, 3.8) is 0 Å². The van der Waals surface area contributed by atoms with Crippen molar-refractivity contribution >= 4 is 5.97 Å². The van der Waals surface area contributed by atoms with Crippen LogP contribution >= 0.6 is 0 Å². The van der Waals surface area contributed by atoms with Crippen LogP contribution in [0.2, 0.25) is 0 Å². The van der Waals surface area contributed by atoms with Gasteiger partial charge in [-0.25, -0.2) is 0 Å². The van der Waals surface area contributed by atoms with Gasteiger partial charge in [-0.3, -0.25) is 4.79 Å². The van der Waals surface area contributed by atoms with E-state index in [0.29, 0.717) is 19.3 Å². The van der Waals surface area contributed by atoms with E-state index in [0.717, 1.165) is 38.5 Å². The van der Waals surface area contributed by atoms with Crippen molar-refractivity contribution in [2.24, 2.45) is 5.41 Å². The Bertz CT molecular complexity index is 261. The van der Waals surface area contributed by atoms with E-state index in [1.165, 1.54) is 6.42 Å². The summed E-state index contributed by atoms with van der Waals surface area (Å²) in [4.78, 5) is 11.7. The van der Waals surface area contributed by atoms with Crippen molar-refractivity contribution in [1.82, 2.24) is 0 Å². The van der Waals surface area contributed by atoms with E-state index in [2.05, 4.69) is 0 Å². The van der Waals surface area contributed by atoms with Gasteiger partial charge in [0.15, 0.2) is 0 Å². The fourth-order valence-corrected chi connectivity index (χ4v) is 3.18. The van der Waals surface area contributed by atoms with Gasteiger partial charge < -0.3 is 10.2 Å². The summed E-state index contributed by atoms with van der Waals surface area (Å²) in [5.74, 6) is -0.704. The van der Waals surface area contributed by atoms with Gasteiger partial charge in [-0.15, -0.1) is 0 Å². The molecule has 0 atom stereocenters. The Labute approximate surface area is 111 Å². The fraction of sp³-hybridized carbons (Fsp3) is 0.933. The number of carboxylic acid groups (broad SMARTS) is 1. The average Bonchev–Trinajstić information content (AvgIpc) is 2.32. The molecule has 106 valence electrons. The standard InChI is InChI=1S/C15H28O3/c1-3-15(18,4-2)12-14(13(16)17)10-8-6-5-7-9-11-14/h18H,3-12H2,1-2H3,(H,16,17). The van der Waals surface area contributed by atoms with Crippen LogP contribution in [-0.4, -0.2) is 21.8 Å². The molecule has 1 aliphatic carbocycles. The molecule has 0 bridgehead atoms. The van der Waals surface area contributed by atoms with Crippen molar-refractivity contribution in [3.8, 4) is 0 Å². The first kappa shape index (κ1) is 15.5. The maximum atomic E-state index is 11.7. The minimum Gasteiger partial charge on any atom is -0.481 e. The molecule has 0 aromatic carbocycles. The fourth-order valence-electron chi connectivity index (χ4n) is 3.18. The Hall–Kier alpha value is -0.570. The van der Waals surface area contributed by atoms with Crippen molar-refractivity contribution in [2.45, 2.75) is 83.7 Å². The van der Waals surface area contributed by atoms with Crippen molar-refractivity contribution in [3.05, 3.63) is 0 Å². The molecule has 0 unspecified atom stereocenters. The van der Waals surface area contributed by atoms with Crippen LogP contribution in [0.15, 0.2) is 0 Å². The highest BCUT2D eigenvalue weighted by Gasteiger charge is 2.43. The Morgan fingerprint density at radius 3 is 1.89 bits per heavy atom. The first-order chi connectivity index (χ1) is 8.48. The monoisotopic (exact) mass is 256 g/mol. The molecule has 0 aromatic heterocycles. The van der Waals surface area contributed by atoms with Gasteiger partial charge in [-0.1, -0.05) is 46.0 Å². The summed E-state index contributed by atoms with van der Waals surface area (Å²) in [6, 6.07) is 0. The topological polar surface area (TPSA) is 57.5 Å². The molecule has 3 nitrogen and oxygen atoms in total. The zero-order valence-electron chi connectivity index (χ0n) is 11.9. The number of hydrogen-bond acceptors (Lipinski definition) is 2. The summed E-state index contributed by atoms with van der Waals surface area (Å²) >= 11 is 0. The van der Waals surface area contributed by atoms with Crippen LogP contribution in [0, 0.1) is 5.41 Å². The van der Waals surface area contributed by atoms with Crippen LogP contribution in [0.3, 0.4) is 0 Å². The molecule has 0 radical (unpaired) electrons. The highest BCUT2D eigenvalue weighted by molar-refractivity contribution is 5.74. The number of hydrogen-bond donors (Lipinski definition) is 2. The van der Waals surface area contributed by atoms with E-state index in [4.69, 9.17) is 0 Å². The summed E-state index contributed by atoms with van der Waals surface area (Å²) in [6.45, 7) is 3.89. The minimum atomic E-state index is -0.808. The first-order valence-corrected chi connectivity index (χ1v) is 7.44. The number of carbonyl (C=O) groups is 1. The van der Waals surface area contributed by atoms with Gasteiger partial charge in [0, 0.05) is 0 Å². The van der Waals surface area contributed by atoms with Gasteiger partial charge in [0.25, 0.3) is 0 Å². The molecule has 0 amide bonds. The lowest BCUT2D eigenvalue weighted by Crippen LogP contribution is -2.41. The second-order valence-electron chi connectivity index (χ2n) is 5.96. The molecule has 0 heterocycles. The van der Waals surface area contributed by atoms with E-state index in [1.54, 1.807) is 0 Å².